The van der Waals surface area contributed by atoms with E-state index in [0.717, 1.165) is 4.90 Å². The molecular formula is C13H13N7S. The van der Waals surface area contributed by atoms with E-state index in [1.165, 1.54) is 17.3 Å². The molecule has 3 N–H and O–H groups in total. The second-order valence-corrected chi connectivity index (χ2v) is 5.30. The zero-order valence-electron chi connectivity index (χ0n) is 11.3. The van der Waals surface area contributed by atoms with Crippen LogP contribution in [-0.2, 0) is 0 Å². The molecule has 3 aromatic rings. The SMILES string of the molecule is Cc1cccc(Sc2nc(NN)nc(-n3cccn3)n2)c1. The molecule has 0 fully saturated rings. The first-order valence-corrected chi connectivity index (χ1v) is 7.03. The first-order chi connectivity index (χ1) is 10.2. The molecule has 106 valence electrons. The summed E-state index contributed by atoms with van der Waals surface area (Å²) >= 11 is 1.44. The van der Waals surface area contributed by atoms with Gasteiger partial charge in [0, 0.05) is 17.3 Å². The fraction of sp³-hybridized carbons (Fsp3) is 0.0769. The molecule has 7 nitrogen and oxygen atoms in total. The maximum Gasteiger partial charge on any atom is 0.256 e. The standard InChI is InChI=1S/C13H13N7S/c1-9-4-2-5-10(8-9)21-13-17-11(19-14)16-12(18-13)20-7-3-6-15-20/h2-8H,14H2,1H3,(H,16,17,18,19). The summed E-state index contributed by atoms with van der Waals surface area (Å²) in [4.78, 5) is 13.9. The Hall–Kier alpha value is -2.45. The van der Waals surface area contributed by atoms with Crippen molar-refractivity contribution < 1.29 is 0 Å². The number of rotatable bonds is 4. The molecule has 0 amide bonds. The summed E-state index contributed by atoms with van der Waals surface area (Å²) in [6.45, 7) is 2.04. The summed E-state index contributed by atoms with van der Waals surface area (Å²) in [5, 5.41) is 4.66. The quantitative estimate of drug-likeness (QED) is 0.560. The van der Waals surface area contributed by atoms with E-state index < -0.39 is 0 Å². The Labute approximate surface area is 125 Å². The van der Waals surface area contributed by atoms with Gasteiger partial charge in [-0.2, -0.15) is 20.1 Å². The molecule has 0 radical (unpaired) electrons. The molecule has 0 atom stereocenters. The Morgan fingerprint density at radius 1 is 1.19 bits per heavy atom. The molecule has 8 heteroatoms. The van der Waals surface area contributed by atoms with Crippen LogP contribution in [0.5, 0.6) is 0 Å². The lowest BCUT2D eigenvalue weighted by Crippen LogP contribution is -2.14. The van der Waals surface area contributed by atoms with E-state index in [0.29, 0.717) is 17.1 Å². The Morgan fingerprint density at radius 3 is 2.81 bits per heavy atom. The summed E-state index contributed by atoms with van der Waals surface area (Å²) < 4.78 is 1.56. The lowest BCUT2D eigenvalue weighted by Gasteiger charge is -2.06. The third-order valence-electron chi connectivity index (χ3n) is 2.64. The Kier molecular flexibility index (Phi) is 3.80. The number of nitrogens with two attached hydrogens (primary N) is 1. The van der Waals surface area contributed by atoms with E-state index in [2.05, 4.69) is 31.5 Å². The minimum absolute atomic E-state index is 0.297. The van der Waals surface area contributed by atoms with Gasteiger partial charge in [-0.3, -0.25) is 5.43 Å². The predicted octanol–water partition coefficient (Wildman–Crippen LogP) is 1.80. The molecule has 0 saturated heterocycles. The largest absolute Gasteiger partial charge is 0.292 e. The Bertz CT molecular complexity index is 742. The summed E-state index contributed by atoms with van der Waals surface area (Å²) in [6, 6.07) is 9.91. The van der Waals surface area contributed by atoms with Crippen LogP contribution < -0.4 is 11.3 Å². The maximum absolute atomic E-state index is 5.42. The van der Waals surface area contributed by atoms with Crippen LogP contribution in [0.25, 0.3) is 5.95 Å². The minimum atomic E-state index is 0.297. The van der Waals surface area contributed by atoms with Crippen LogP contribution in [0.2, 0.25) is 0 Å². The smallest absolute Gasteiger partial charge is 0.256 e. The fourth-order valence-electron chi connectivity index (χ4n) is 1.73. The van der Waals surface area contributed by atoms with Crippen LogP contribution in [0.4, 0.5) is 5.95 Å². The molecule has 2 aromatic heterocycles. The van der Waals surface area contributed by atoms with E-state index in [9.17, 15) is 0 Å². The number of nitrogens with zero attached hydrogens (tertiary/aromatic N) is 5. The van der Waals surface area contributed by atoms with Gasteiger partial charge in [-0.05, 0) is 36.9 Å². The van der Waals surface area contributed by atoms with Gasteiger partial charge in [0.1, 0.15) is 0 Å². The molecule has 0 aliphatic rings. The second-order valence-electron chi connectivity index (χ2n) is 4.26. The van der Waals surface area contributed by atoms with Crippen molar-refractivity contribution >= 4 is 17.7 Å². The number of anilines is 1. The minimum Gasteiger partial charge on any atom is -0.292 e. The highest BCUT2D eigenvalue weighted by Crippen LogP contribution is 2.26. The van der Waals surface area contributed by atoms with Crippen LogP contribution in [0.1, 0.15) is 5.56 Å². The summed E-state index contributed by atoms with van der Waals surface area (Å²) in [6.07, 6.45) is 3.42. The van der Waals surface area contributed by atoms with Gasteiger partial charge in [0.15, 0.2) is 5.16 Å². The number of benzene rings is 1. The Balaban J connectivity index is 1.96. The van der Waals surface area contributed by atoms with E-state index in [1.54, 1.807) is 23.1 Å². The first kappa shape index (κ1) is 13.5. The van der Waals surface area contributed by atoms with E-state index in [1.807, 2.05) is 25.1 Å². The number of nitrogens with one attached hydrogen (secondary N) is 1. The van der Waals surface area contributed by atoms with Gasteiger partial charge in [-0.1, -0.05) is 17.7 Å². The normalized spacial score (nSPS) is 10.6. The van der Waals surface area contributed by atoms with Gasteiger partial charge in [0.05, 0.1) is 0 Å². The number of hydrogen-bond acceptors (Lipinski definition) is 7. The molecule has 0 aliphatic carbocycles. The molecule has 0 saturated carbocycles. The van der Waals surface area contributed by atoms with Crippen molar-refractivity contribution in [2.45, 2.75) is 17.0 Å². The van der Waals surface area contributed by atoms with Crippen molar-refractivity contribution in [1.29, 1.82) is 0 Å². The van der Waals surface area contributed by atoms with E-state index >= 15 is 0 Å². The molecule has 0 aliphatic heterocycles. The molecule has 0 bridgehead atoms. The fourth-order valence-corrected chi connectivity index (χ4v) is 2.59. The molecule has 0 spiro atoms. The molecule has 3 rings (SSSR count). The van der Waals surface area contributed by atoms with Crippen molar-refractivity contribution in [3.8, 4) is 5.95 Å². The van der Waals surface area contributed by atoms with Crippen LogP contribution in [0, 0.1) is 6.92 Å². The summed E-state index contributed by atoms with van der Waals surface area (Å²) in [5.41, 5.74) is 3.63. The maximum atomic E-state index is 5.42. The monoisotopic (exact) mass is 299 g/mol. The third-order valence-corrected chi connectivity index (χ3v) is 3.49. The average molecular weight is 299 g/mol. The van der Waals surface area contributed by atoms with Gasteiger partial charge in [-0.15, -0.1) is 0 Å². The lowest BCUT2D eigenvalue weighted by molar-refractivity contribution is 0.760. The zero-order chi connectivity index (χ0) is 14.7. The van der Waals surface area contributed by atoms with Crippen molar-refractivity contribution in [1.82, 2.24) is 24.7 Å². The first-order valence-electron chi connectivity index (χ1n) is 6.22. The topological polar surface area (TPSA) is 94.5 Å². The van der Waals surface area contributed by atoms with Crippen LogP contribution in [-0.4, -0.2) is 24.7 Å². The molecule has 1 aromatic carbocycles. The number of hydrazine groups is 1. The Morgan fingerprint density at radius 2 is 2.10 bits per heavy atom. The predicted molar refractivity (Wildman–Crippen MR) is 80.1 cm³/mol. The second kappa shape index (κ2) is 5.90. The number of aromatic nitrogens is 5. The van der Waals surface area contributed by atoms with E-state index in [4.69, 9.17) is 5.84 Å². The highest BCUT2D eigenvalue weighted by Gasteiger charge is 2.09. The van der Waals surface area contributed by atoms with Crippen LogP contribution in [0.3, 0.4) is 0 Å². The average Bonchev–Trinajstić information content (AvgIpc) is 3.01. The van der Waals surface area contributed by atoms with Crippen molar-refractivity contribution in [2.75, 3.05) is 5.43 Å². The molecule has 0 unspecified atom stereocenters. The summed E-state index contributed by atoms with van der Waals surface area (Å²) in [7, 11) is 0. The van der Waals surface area contributed by atoms with Crippen LogP contribution >= 0.6 is 11.8 Å². The van der Waals surface area contributed by atoms with Crippen molar-refractivity contribution in [2.24, 2.45) is 5.84 Å². The lowest BCUT2D eigenvalue weighted by atomic mass is 10.2. The number of hydrogen-bond donors (Lipinski definition) is 2. The number of aryl methyl sites for hydroxylation is 1. The van der Waals surface area contributed by atoms with Gasteiger partial charge in [0.25, 0.3) is 5.95 Å². The van der Waals surface area contributed by atoms with E-state index in [-0.39, 0.29) is 0 Å². The molecular weight excluding hydrogens is 286 g/mol. The molecule has 2 heterocycles. The van der Waals surface area contributed by atoms with Gasteiger partial charge in [0.2, 0.25) is 5.95 Å². The highest BCUT2D eigenvalue weighted by atomic mass is 32.2. The van der Waals surface area contributed by atoms with Gasteiger partial charge in [-0.25, -0.2) is 10.5 Å². The molecule has 21 heavy (non-hydrogen) atoms. The van der Waals surface area contributed by atoms with Crippen molar-refractivity contribution in [3.05, 3.63) is 48.3 Å². The zero-order valence-corrected chi connectivity index (χ0v) is 12.1. The highest BCUT2D eigenvalue weighted by molar-refractivity contribution is 7.99. The van der Waals surface area contributed by atoms with Crippen molar-refractivity contribution in [3.63, 3.8) is 0 Å². The summed E-state index contributed by atoms with van der Waals surface area (Å²) in [5.74, 6) is 6.13. The van der Waals surface area contributed by atoms with Gasteiger partial charge >= 0.3 is 0 Å². The van der Waals surface area contributed by atoms with Gasteiger partial charge < -0.3 is 0 Å². The number of nitrogen functional groups attached to an aromatic ring is 1. The van der Waals surface area contributed by atoms with Crippen LogP contribution in [0.15, 0.2) is 52.8 Å². The third kappa shape index (κ3) is 3.18.